The molecule has 1 aromatic heterocycles. The number of rotatable bonds is 5. The average Bonchev–Trinajstić information content (AvgIpc) is 3.39. The number of carbonyl (C=O) groups is 2. The van der Waals surface area contributed by atoms with Gasteiger partial charge in [0.2, 0.25) is 11.8 Å². The van der Waals surface area contributed by atoms with Crippen molar-refractivity contribution in [2.45, 2.75) is 36.6 Å². The smallest absolute Gasteiger partial charge is 0.305 e. The molecule has 0 bridgehead atoms. The number of amides is 2. The molecule has 2 amide bonds. The Hall–Kier alpha value is -3.14. The van der Waals surface area contributed by atoms with Crippen molar-refractivity contribution in [2.24, 2.45) is 5.92 Å². The molecule has 2 aliphatic rings. The van der Waals surface area contributed by atoms with Gasteiger partial charge in [0.1, 0.15) is 17.6 Å². The van der Waals surface area contributed by atoms with Crippen molar-refractivity contribution < 1.29 is 14.3 Å². The Balaban J connectivity index is 1.45. The summed E-state index contributed by atoms with van der Waals surface area (Å²) in [5.41, 5.74) is 4.55. The third-order valence-electron chi connectivity index (χ3n) is 7.07. The molecule has 6 rings (SSSR count). The number of aromatic amines is 1. The number of halogens is 1. The van der Waals surface area contributed by atoms with E-state index in [-0.39, 0.29) is 16.7 Å². The van der Waals surface area contributed by atoms with Gasteiger partial charge in [-0.2, -0.15) is 0 Å². The molecule has 3 aromatic carbocycles. The third kappa shape index (κ3) is 4.32. The molecule has 9 heteroatoms. The molecule has 0 radical (unpaired) electrons. The van der Waals surface area contributed by atoms with Gasteiger partial charge in [-0.15, -0.1) is 0 Å². The summed E-state index contributed by atoms with van der Waals surface area (Å²) >= 11 is 5.95. The van der Waals surface area contributed by atoms with Crippen LogP contribution in [0, 0.1) is 19.8 Å². The predicted molar refractivity (Wildman–Crippen MR) is 153 cm³/mol. The fourth-order valence-corrected chi connectivity index (χ4v) is 8.01. The molecular formula is C29H23BrN2O4S2. The lowest BCUT2D eigenvalue weighted by Gasteiger charge is -2.31. The Bertz CT molecular complexity index is 1630. The largest absolute Gasteiger partial charge is 0.489 e. The zero-order chi connectivity index (χ0) is 26.6. The Morgan fingerprint density at radius 3 is 2.50 bits per heavy atom. The molecule has 4 aromatic rings. The number of nitrogens with one attached hydrogen (secondary N) is 1. The summed E-state index contributed by atoms with van der Waals surface area (Å²) in [4.78, 5) is 44.9. The van der Waals surface area contributed by atoms with Crippen LogP contribution in [0.15, 0.2) is 81.0 Å². The molecule has 1 fully saturated rings. The second-order valence-electron chi connectivity index (χ2n) is 9.49. The van der Waals surface area contributed by atoms with E-state index in [1.54, 1.807) is 12.1 Å². The summed E-state index contributed by atoms with van der Waals surface area (Å²) in [6, 6.07) is 21.1. The Morgan fingerprint density at radius 1 is 0.974 bits per heavy atom. The van der Waals surface area contributed by atoms with Gasteiger partial charge in [0.25, 0.3) is 0 Å². The van der Waals surface area contributed by atoms with Crippen LogP contribution in [0.4, 0.5) is 5.69 Å². The lowest BCUT2D eigenvalue weighted by atomic mass is 9.82. The number of aromatic nitrogens is 1. The number of H-pyrrole nitrogens is 1. The maximum absolute atomic E-state index is 14.0. The van der Waals surface area contributed by atoms with Gasteiger partial charge in [-0.1, -0.05) is 81.0 Å². The van der Waals surface area contributed by atoms with Crippen molar-refractivity contribution in [1.82, 2.24) is 4.98 Å². The quantitative estimate of drug-likeness (QED) is 0.274. The van der Waals surface area contributed by atoms with E-state index in [2.05, 4.69) is 20.9 Å². The van der Waals surface area contributed by atoms with Crippen LogP contribution >= 0.6 is 39.0 Å². The molecule has 38 heavy (non-hydrogen) atoms. The van der Waals surface area contributed by atoms with Gasteiger partial charge in [0.05, 0.1) is 16.6 Å². The highest BCUT2D eigenvalue weighted by atomic mass is 79.9. The fraction of sp³-hybridized carbons (Fsp3) is 0.207. The number of benzene rings is 3. The number of thioether (sulfide) groups is 1. The highest BCUT2D eigenvalue weighted by Gasteiger charge is 2.56. The summed E-state index contributed by atoms with van der Waals surface area (Å²) in [5, 5.41) is -0.0160. The molecular weight excluding hydrogens is 584 g/mol. The first-order chi connectivity index (χ1) is 18.3. The molecule has 6 nitrogen and oxygen atoms in total. The van der Waals surface area contributed by atoms with Crippen LogP contribution in [0.5, 0.6) is 5.75 Å². The monoisotopic (exact) mass is 606 g/mol. The van der Waals surface area contributed by atoms with Crippen LogP contribution in [0.1, 0.15) is 33.0 Å². The lowest BCUT2D eigenvalue weighted by molar-refractivity contribution is -0.122. The number of ether oxygens (including phenoxy) is 1. The van der Waals surface area contributed by atoms with E-state index in [0.717, 1.165) is 42.9 Å². The molecule has 1 N–H and O–H groups in total. The van der Waals surface area contributed by atoms with Crippen LogP contribution < -0.4 is 14.5 Å². The van der Waals surface area contributed by atoms with E-state index in [1.807, 2.05) is 68.4 Å². The number of aryl methyl sites for hydroxylation is 2. The number of hydrogen-bond donors (Lipinski definition) is 1. The summed E-state index contributed by atoms with van der Waals surface area (Å²) in [6.45, 7) is 4.36. The van der Waals surface area contributed by atoms with Crippen molar-refractivity contribution >= 4 is 56.5 Å². The van der Waals surface area contributed by atoms with Crippen molar-refractivity contribution in [3.05, 3.63) is 108 Å². The molecule has 0 saturated carbocycles. The van der Waals surface area contributed by atoms with Gasteiger partial charge < -0.3 is 9.72 Å². The van der Waals surface area contributed by atoms with Gasteiger partial charge in [-0.05, 0) is 55.3 Å². The minimum atomic E-state index is -0.678. The Labute approximate surface area is 236 Å². The minimum absolute atomic E-state index is 0.208. The molecule has 3 atom stereocenters. The highest BCUT2D eigenvalue weighted by molar-refractivity contribution is 9.10. The van der Waals surface area contributed by atoms with Crippen LogP contribution in [-0.2, 0) is 16.2 Å². The zero-order valence-corrected chi connectivity index (χ0v) is 23.8. The second kappa shape index (κ2) is 9.87. The van der Waals surface area contributed by atoms with Gasteiger partial charge in [-0.25, -0.2) is 4.90 Å². The number of anilines is 1. The highest BCUT2D eigenvalue weighted by Crippen LogP contribution is 2.54. The standard InChI is InChI=1S/C29H23BrN2O4S2/c1-15-7-10-19(11-8-15)32-27(33)23-22(24-26(31-29(35)38-24)37-25(23)28(32)34)20-13-18(30)9-12-21(20)36-14-17-6-4-3-5-16(17)2/h3-13,22-23,25H,14H2,1-2H3,(H,31,35). The third-order valence-corrected chi connectivity index (χ3v) is 9.96. The number of thiazole rings is 1. The van der Waals surface area contributed by atoms with Gasteiger partial charge >= 0.3 is 4.87 Å². The Kier molecular flexibility index (Phi) is 6.53. The topological polar surface area (TPSA) is 79.5 Å². The summed E-state index contributed by atoms with van der Waals surface area (Å²) in [7, 11) is 0. The van der Waals surface area contributed by atoms with Crippen molar-refractivity contribution in [3.63, 3.8) is 0 Å². The second-order valence-corrected chi connectivity index (χ2v) is 12.6. The van der Waals surface area contributed by atoms with Crippen molar-refractivity contribution in [2.75, 3.05) is 4.90 Å². The summed E-state index contributed by atoms with van der Waals surface area (Å²) < 4.78 is 7.17. The first-order valence-electron chi connectivity index (χ1n) is 12.1. The molecule has 0 aliphatic carbocycles. The van der Waals surface area contributed by atoms with Gasteiger partial charge in [0.15, 0.2) is 0 Å². The van der Waals surface area contributed by atoms with Crippen LogP contribution in [0.3, 0.4) is 0 Å². The van der Waals surface area contributed by atoms with Gasteiger partial charge in [-0.3, -0.25) is 14.4 Å². The van der Waals surface area contributed by atoms with E-state index in [0.29, 0.717) is 23.1 Å². The molecule has 2 aliphatic heterocycles. The first-order valence-corrected chi connectivity index (χ1v) is 14.6. The molecule has 192 valence electrons. The molecule has 0 spiro atoms. The zero-order valence-electron chi connectivity index (χ0n) is 20.6. The number of nitrogens with zero attached hydrogens (tertiary/aromatic N) is 1. The van der Waals surface area contributed by atoms with Crippen molar-refractivity contribution in [1.29, 1.82) is 0 Å². The molecule has 3 heterocycles. The predicted octanol–water partition coefficient (Wildman–Crippen LogP) is 6.19. The molecule has 1 saturated heterocycles. The van der Waals surface area contributed by atoms with E-state index < -0.39 is 17.1 Å². The first kappa shape index (κ1) is 25.2. The fourth-order valence-electron chi connectivity index (χ4n) is 5.12. The maximum atomic E-state index is 14.0. The van der Waals surface area contributed by atoms with Crippen LogP contribution in [0.25, 0.3) is 0 Å². The number of imide groups is 1. The maximum Gasteiger partial charge on any atom is 0.305 e. The lowest BCUT2D eigenvalue weighted by Crippen LogP contribution is -2.32. The van der Waals surface area contributed by atoms with Crippen molar-refractivity contribution in [3.8, 4) is 5.75 Å². The van der Waals surface area contributed by atoms with Crippen LogP contribution in [0.2, 0.25) is 0 Å². The van der Waals surface area contributed by atoms with E-state index >= 15 is 0 Å². The van der Waals surface area contributed by atoms with E-state index in [1.165, 1.54) is 16.7 Å². The van der Waals surface area contributed by atoms with E-state index in [9.17, 15) is 14.4 Å². The molecule has 3 unspecified atom stereocenters. The van der Waals surface area contributed by atoms with Crippen LogP contribution in [-0.4, -0.2) is 22.0 Å². The Morgan fingerprint density at radius 2 is 1.74 bits per heavy atom. The summed E-state index contributed by atoms with van der Waals surface area (Å²) in [5.74, 6) is -1.11. The SMILES string of the molecule is Cc1ccc(N2C(=O)C3Sc4[nH]c(=O)sc4C(c4cc(Br)ccc4OCc4ccccc4C)C3C2=O)cc1. The van der Waals surface area contributed by atoms with E-state index in [4.69, 9.17) is 4.74 Å². The van der Waals surface area contributed by atoms with Gasteiger partial charge in [0, 0.05) is 20.8 Å². The number of hydrogen-bond acceptors (Lipinski definition) is 6. The minimum Gasteiger partial charge on any atom is -0.489 e. The number of fused-ring (bicyclic) bond motifs is 2. The number of carbonyl (C=O) groups excluding carboxylic acids is 2. The summed E-state index contributed by atoms with van der Waals surface area (Å²) in [6.07, 6.45) is 0. The average molecular weight is 608 g/mol. The normalized spacial score (nSPS) is 20.4.